The SMILES string of the molecule is O=C(NO)c1ccc(N2CCN(S(=O)[O-])CC2)c([N+](=O)[O-])c1. The highest BCUT2D eigenvalue weighted by Crippen LogP contribution is 2.30. The van der Waals surface area contributed by atoms with Crippen molar-refractivity contribution in [2.75, 3.05) is 31.1 Å². The van der Waals surface area contributed by atoms with Crippen molar-refractivity contribution in [1.82, 2.24) is 9.79 Å². The molecule has 1 aliphatic heterocycles. The second kappa shape index (κ2) is 6.79. The highest BCUT2D eigenvalue weighted by molar-refractivity contribution is 7.76. The number of nitro benzene ring substituents is 1. The van der Waals surface area contributed by atoms with E-state index in [0.29, 0.717) is 18.8 Å². The van der Waals surface area contributed by atoms with Crippen molar-refractivity contribution >= 4 is 28.5 Å². The number of carbonyl (C=O) groups is 1. The lowest BCUT2D eigenvalue weighted by molar-refractivity contribution is -0.384. The summed E-state index contributed by atoms with van der Waals surface area (Å²) in [6.45, 7) is 1.07. The summed E-state index contributed by atoms with van der Waals surface area (Å²) in [6, 6.07) is 3.83. The molecule has 1 atom stereocenters. The van der Waals surface area contributed by atoms with Crippen LogP contribution in [-0.4, -0.2) is 55.3 Å². The van der Waals surface area contributed by atoms with Crippen molar-refractivity contribution in [2.45, 2.75) is 0 Å². The van der Waals surface area contributed by atoms with E-state index in [-0.39, 0.29) is 24.3 Å². The third-order valence-corrected chi connectivity index (χ3v) is 4.11. The van der Waals surface area contributed by atoms with Crippen molar-refractivity contribution in [3.8, 4) is 0 Å². The van der Waals surface area contributed by atoms with Crippen LogP contribution < -0.4 is 10.4 Å². The van der Waals surface area contributed by atoms with Crippen molar-refractivity contribution in [3.05, 3.63) is 33.9 Å². The maximum Gasteiger partial charge on any atom is 0.293 e. The lowest BCUT2D eigenvalue weighted by atomic mass is 10.1. The first-order valence-corrected chi connectivity index (χ1v) is 7.29. The third-order valence-electron chi connectivity index (χ3n) is 3.33. The average Bonchev–Trinajstić information content (AvgIpc) is 2.53. The molecule has 11 heteroatoms. The second-order valence-electron chi connectivity index (χ2n) is 4.53. The molecule has 1 saturated heterocycles. The number of anilines is 1. The van der Waals surface area contributed by atoms with Gasteiger partial charge < -0.3 is 9.45 Å². The average molecular weight is 329 g/mol. The van der Waals surface area contributed by atoms with E-state index >= 15 is 0 Å². The van der Waals surface area contributed by atoms with Crippen LogP contribution in [0.3, 0.4) is 0 Å². The molecule has 1 aromatic rings. The minimum atomic E-state index is -2.31. The normalized spacial score (nSPS) is 17.1. The van der Waals surface area contributed by atoms with Gasteiger partial charge in [0.2, 0.25) is 0 Å². The molecular weight excluding hydrogens is 316 g/mol. The van der Waals surface area contributed by atoms with Gasteiger partial charge in [0, 0.05) is 49.1 Å². The van der Waals surface area contributed by atoms with Crippen molar-refractivity contribution < 1.29 is 23.7 Å². The molecule has 0 spiro atoms. The van der Waals surface area contributed by atoms with Crippen LogP contribution in [0.4, 0.5) is 11.4 Å². The first-order chi connectivity index (χ1) is 10.4. The maximum atomic E-state index is 11.3. The van der Waals surface area contributed by atoms with Gasteiger partial charge in [0.25, 0.3) is 11.6 Å². The van der Waals surface area contributed by atoms with Crippen molar-refractivity contribution in [3.63, 3.8) is 0 Å². The van der Waals surface area contributed by atoms with Gasteiger partial charge in [0.1, 0.15) is 5.69 Å². The van der Waals surface area contributed by atoms with E-state index in [0.717, 1.165) is 6.07 Å². The molecule has 1 fully saturated rings. The predicted molar refractivity (Wildman–Crippen MR) is 75.1 cm³/mol. The zero-order valence-corrected chi connectivity index (χ0v) is 12.1. The molecule has 0 aliphatic carbocycles. The molecule has 1 aliphatic rings. The number of nitro groups is 1. The van der Waals surface area contributed by atoms with E-state index in [1.165, 1.54) is 21.9 Å². The van der Waals surface area contributed by atoms with Crippen LogP contribution in [-0.2, 0) is 11.3 Å². The molecule has 0 bridgehead atoms. The van der Waals surface area contributed by atoms with Crippen LogP contribution in [0, 0.1) is 10.1 Å². The molecule has 2 rings (SSSR count). The molecule has 1 heterocycles. The number of hydrogen-bond donors (Lipinski definition) is 2. The minimum Gasteiger partial charge on any atom is -0.760 e. The van der Waals surface area contributed by atoms with Gasteiger partial charge in [-0.2, -0.15) is 0 Å². The molecule has 1 amide bonds. The number of amides is 1. The quantitative estimate of drug-likeness (QED) is 0.332. The summed E-state index contributed by atoms with van der Waals surface area (Å²) < 4.78 is 22.9. The molecule has 10 nitrogen and oxygen atoms in total. The van der Waals surface area contributed by atoms with Crippen molar-refractivity contribution in [2.24, 2.45) is 0 Å². The predicted octanol–water partition coefficient (Wildman–Crippen LogP) is -0.370. The van der Waals surface area contributed by atoms with Crippen LogP contribution in [0.1, 0.15) is 10.4 Å². The van der Waals surface area contributed by atoms with Gasteiger partial charge in [-0.15, -0.1) is 0 Å². The van der Waals surface area contributed by atoms with Crippen LogP contribution in [0.25, 0.3) is 0 Å². The topological polar surface area (TPSA) is 139 Å². The van der Waals surface area contributed by atoms with Gasteiger partial charge in [0.05, 0.1) is 4.92 Å². The van der Waals surface area contributed by atoms with E-state index in [1.54, 1.807) is 4.90 Å². The third kappa shape index (κ3) is 3.39. The molecule has 0 radical (unpaired) electrons. The van der Waals surface area contributed by atoms with Gasteiger partial charge in [-0.3, -0.25) is 24.3 Å². The molecule has 1 aromatic carbocycles. The smallest absolute Gasteiger partial charge is 0.293 e. The molecular formula is C11H13N4O6S-. The first kappa shape index (κ1) is 16.3. The number of nitrogens with one attached hydrogen (secondary N) is 1. The van der Waals surface area contributed by atoms with Gasteiger partial charge in [-0.05, 0) is 12.1 Å². The van der Waals surface area contributed by atoms with Crippen LogP contribution >= 0.6 is 0 Å². The Labute approximate surface area is 127 Å². The summed E-state index contributed by atoms with van der Waals surface area (Å²) in [4.78, 5) is 23.6. The molecule has 0 saturated carbocycles. The summed E-state index contributed by atoms with van der Waals surface area (Å²) in [5.41, 5.74) is 1.39. The number of benzene rings is 1. The summed E-state index contributed by atoms with van der Waals surface area (Å²) in [5.74, 6) is -0.846. The number of piperazine rings is 1. The Hall–Kier alpha value is -2.08. The van der Waals surface area contributed by atoms with Crippen LogP contribution in [0.5, 0.6) is 0 Å². The Morgan fingerprint density at radius 2 is 1.95 bits per heavy atom. The van der Waals surface area contributed by atoms with Crippen LogP contribution in [0.2, 0.25) is 0 Å². The van der Waals surface area contributed by atoms with E-state index in [9.17, 15) is 23.7 Å². The van der Waals surface area contributed by atoms with E-state index in [2.05, 4.69) is 0 Å². The fourth-order valence-electron chi connectivity index (χ4n) is 2.22. The number of rotatable bonds is 4. The van der Waals surface area contributed by atoms with Gasteiger partial charge in [0.15, 0.2) is 0 Å². The monoisotopic (exact) mass is 329 g/mol. The molecule has 22 heavy (non-hydrogen) atoms. The molecule has 2 N–H and O–H groups in total. The summed E-state index contributed by atoms with van der Waals surface area (Å²) in [6.07, 6.45) is 0. The van der Waals surface area contributed by atoms with E-state index in [4.69, 9.17) is 5.21 Å². The minimum absolute atomic E-state index is 0.0442. The standard InChI is InChI=1S/C11H14N4O6S/c16-11(12-17)8-1-2-9(10(7-8)15(18)19)13-3-5-14(6-4-13)22(20)21/h1-2,7,17H,3-6H2,(H,12,16)(H,20,21)/p-1. The zero-order chi connectivity index (χ0) is 16.3. The lowest BCUT2D eigenvalue weighted by Crippen LogP contribution is -2.47. The van der Waals surface area contributed by atoms with E-state index in [1.807, 2.05) is 0 Å². The first-order valence-electron chi connectivity index (χ1n) is 6.26. The number of hydrogen-bond acceptors (Lipinski definition) is 7. The molecule has 0 aromatic heterocycles. The Kier molecular flexibility index (Phi) is 5.03. The number of nitrogens with zero attached hydrogens (tertiary/aromatic N) is 3. The van der Waals surface area contributed by atoms with Gasteiger partial charge >= 0.3 is 0 Å². The Balaban J connectivity index is 2.26. The number of hydroxylamine groups is 1. The van der Waals surface area contributed by atoms with Gasteiger partial charge in [-0.1, -0.05) is 0 Å². The highest BCUT2D eigenvalue weighted by Gasteiger charge is 2.25. The molecule has 1 unspecified atom stereocenters. The Morgan fingerprint density at radius 1 is 1.32 bits per heavy atom. The molecule has 120 valence electrons. The number of carbonyl (C=O) groups excluding carboxylic acids is 1. The lowest BCUT2D eigenvalue weighted by Gasteiger charge is -2.36. The second-order valence-corrected chi connectivity index (χ2v) is 5.49. The van der Waals surface area contributed by atoms with Crippen molar-refractivity contribution in [1.29, 1.82) is 0 Å². The maximum absolute atomic E-state index is 11.3. The zero-order valence-electron chi connectivity index (χ0n) is 11.3. The Bertz CT molecular complexity index is 617. The highest BCUT2D eigenvalue weighted by atomic mass is 32.2. The summed E-state index contributed by atoms with van der Waals surface area (Å²) >= 11 is -2.31. The fourth-order valence-corrected chi connectivity index (χ4v) is 2.68. The Morgan fingerprint density at radius 3 is 2.45 bits per heavy atom. The summed E-state index contributed by atoms with van der Waals surface area (Å²) in [7, 11) is 0. The van der Waals surface area contributed by atoms with Crippen LogP contribution in [0.15, 0.2) is 18.2 Å². The van der Waals surface area contributed by atoms with Gasteiger partial charge in [-0.25, -0.2) is 9.79 Å². The summed E-state index contributed by atoms with van der Waals surface area (Å²) in [5, 5.41) is 19.7. The van der Waals surface area contributed by atoms with E-state index < -0.39 is 22.1 Å². The largest absolute Gasteiger partial charge is 0.760 e. The fraction of sp³-hybridized carbons (Fsp3) is 0.364.